The molecule has 1 unspecified atom stereocenters. The minimum absolute atomic E-state index is 0.322. The average Bonchev–Trinajstić information content (AvgIpc) is 2.61. The van der Waals surface area contributed by atoms with E-state index in [4.69, 9.17) is 4.74 Å². The lowest BCUT2D eigenvalue weighted by Crippen LogP contribution is -2.33. The smallest absolute Gasteiger partial charge is 0.280 e. The molecule has 3 aromatic rings. The van der Waals surface area contributed by atoms with Crippen molar-refractivity contribution < 1.29 is 9.53 Å². The molecule has 0 aliphatic rings. The number of rotatable bonds is 5. The fourth-order valence-electron chi connectivity index (χ4n) is 2.23. The van der Waals surface area contributed by atoms with Crippen LogP contribution in [-0.2, 0) is 4.79 Å². The maximum Gasteiger partial charge on any atom is 0.280 e. The van der Waals surface area contributed by atoms with Crippen molar-refractivity contribution in [3.63, 3.8) is 0 Å². The van der Waals surface area contributed by atoms with Crippen LogP contribution in [0.25, 0.3) is 10.9 Å². The maximum atomic E-state index is 12.1. The number of pyridine rings is 1. The zero-order valence-electron chi connectivity index (χ0n) is 13.5. The van der Waals surface area contributed by atoms with Crippen molar-refractivity contribution in [3.8, 4) is 5.75 Å². The highest BCUT2D eigenvalue weighted by Crippen LogP contribution is 2.20. The molecule has 1 aromatic heterocycles. The van der Waals surface area contributed by atoms with Crippen molar-refractivity contribution in [2.45, 2.75) is 13.0 Å². The van der Waals surface area contributed by atoms with Crippen LogP contribution in [0.5, 0.6) is 5.75 Å². The summed E-state index contributed by atoms with van der Waals surface area (Å²) in [5.74, 6) is 0.289. The van der Waals surface area contributed by atoms with Crippen molar-refractivity contribution in [1.82, 2.24) is 10.4 Å². The van der Waals surface area contributed by atoms with Crippen molar-refractivity contribution in [2.75, 3.05) is 0 Å². The molecule has 1 heterocycles. The van der Waals surface area contributed by atoms with Gasteiger partial charge in [0.2, 0.25) is 0 Å². The van der Waals surface area contributed by atoms with Crippen molar-refractivity contribution in [1.29, 1.82) is 0 Å². The lowest BCUT2D eigenvalue weighted by atomic mass is 10.2. The fourth-order valence-corrected chi connectivity index (χ4v) is 2.65. The van der Waals surface area contributed by atoms with E-state index in [9.17, 15) is 4.79 Å². The van der Waals surface area contributed by atoms with Crippen LogP contribution >= 0.6 is 15.9 Å². The van der Waals surface area contributed by atoms with Crippen LogP contribution in [-0.4, -0.2) is 23.2 Å². The van der Waals surface area contributed by atoms with Gasteiger partial charge in [0, 0.05) is 16.1 Å². The van der Waals surface area contributed by atoms with E-state index < -0.39 is 6.10 Å². The van der Waals surface area contributed by atoms with E-state index in [-0.39, 0.29) is 5.91 Å². The van der Waals surface area contributed by atoms with Gasteiger partial charge in [-0.05, 0) is 48.9 Å². The van der Waals surface area contributed by atoms with Gasteiger partial charge in [0.25, 0.3) is 5.91 Å². The molecule has 2 aromatic carbocycles. The highest BCUT2D eigenvalue weighted by atomic mass is 79.9. The van der Waals surface area contributed by atoms with Crippen LogP contribution in [0.4, 0.5) is 0 Å². The Hall–Kier alpha value is -2.73. The molecule has 0 bridgehead atoms. The second-order valence-electron chi connectivity index (χ2n) is 5.41. The Morgan fingerprint density at radius 2 is 2.12 bits per heavy atom. The zero-order valence-corrected chi connectivity index (χ0v) is 15.1. The summed E-state index contributed by atoms with van der Waals surface area (Å²) < 4.78 is 6.63. The molecule has 126 valence electrons. The molecular weight excluding hydrogens is 382 g/mol. The molecule has 5 nitrogen and oxygen atoms in total. The number of carbonyl (C=O) groups is 1. The highest BCUT2D eigenvalue weighted by molar-refractivity contribution is 9.10. The minimum Gasteiger partial charge on any atom is -0.481 e. The summed E-state index contributed by atoms with van der Waals surface area (Å²) in [4.78, 5) is 16.4. The molecule has 0 radical (unpaired) electrons. The van der Waals surface area contributed by atoms with Crippen LogP contribution < -0.4 is 10.2 Å². The van der Waals surface area contributed by atoms with Crippen molar-refractivity contribution >= 4 is 39.0 Å². The second-order valence-corrected chi connectivity index (χ2v) is 6.32. The summed E-state index contributed by atoms with van der Waals surface area (Å²) in [5, 5.41) is 4.92. The van der Waals surface area contributed by atoms with Crippen molar-refractivity contribution in [3.05, 3.63) is 70.8 Å². The van der Waals surface area contributed by atoms with E-state index in [0.717, 1.165) is 20.9 Å². The van der Waals surface area contributed by atoms with Gasteiger partial charge >= 0.3 is 0 Å². The summed E-state index contributed by atoms with van der Waals surface area (Å²) in [6.07, 6.45) is 2.65. The molecule has 6 heteroatoms. The van der Waals surface area contributed by atoms with Gasteiger partial charge in [0.05, 0.1) is 11.7 Å². The number of benzene rings is 2. The third-order valence-corrected chi connectivity index (χ3v) is 3.99. The topological polar surface area (TPSA) is 63.6 Å². The lowest BCUT2D eigenvalue weighted by molar-refractivity contribution is -0.127. The van der Waals surface area contributed by atoms with Crippen molar-refractivity contribution in [2.24, 2.45) is 5.10 Å². The number of nitrogens with one attached hydrogen (secondary N) is 1. The number of carbonyl (C=O) groups excluding carboxylic acids is 1. The number of nitrogens with zero attached hydrogens (tertiary/aromatic N) is 2. The molecule has 25 heavy (non-hydrogen) atoms. The summed E-state index contributed by atoms with van der Waals surface area (Å²) in [5.41, 5.74) is 4.25. The van der Waals surface area contributed by atoms with Gasteiger partial charge in [0.1, 0.15) is 5.75 Å². The number of hydrogen-bond acceptors (Lipinski definition) is 4. The molecule has 0 spiro atoms. The van der Waals surface area contributed by atoms with Crippen LogP contribution in [0.15, 0.2) is 70.4 Å². The Labute approximate surface area is 153 Å². The predicted molar refractivity (Wildman–Crippen MR) is 102 cm³/mol. The lowest BCUT2D eigenvalue weighted by Gasteiger charge is -2.13. The number of fused-ring (bicyclic) bond motifs is 1. The molecule has 0 saturated heterocycles. The summed E-state index contributed by atoms with van der Waals surface area (Å²) in [7, 11) is 0. The van der Waals surface area contributed by atoms with Gasteiger partial charge in [-0.25, -0.2) is 5.43 Å². The molecule has 1 N–H and O–H groups in total. The van der Waals surface area contributed by atoms with Gasteiger partial charge in [-0.3, -0.25) is 9.78 Å². The standard InChI is InChI=1S/C19H16BrN3O2/c1-13(19(24)23-22-12-14-4-2-6-16(20)10-14)25-17-7-8-18-15(11-17)5-3-9-21-18/h2-13H,1H3,(H,23,24)/b22-12+. The quantitative estimate of drug-likeness (QED) is 0.524. The SMILES string of the molecule is CC(Oc1ccc2ncccc2c1)C(=O)N/N=C/c1cccc(Br)c1. The number of halogens is 1. The second kappa shape index (κ2) is 7.90. The first-order chi connectivity index (χ1) is 12.1. The molecule has 0 fully saturated rings. The molecular formula is C19H16BrN3O2. The summed E-state index contributed by atoms with van der Waals surface area (Å²) in [6.45, 7) is 1.68. The van der Waals surface area contributed by atoms with E-state index in [1.54, 1.807) is 25.4 Å². The largest absolute Gasteiger partial charge is 0.481 e. The van der Waals surface area contributed by atoms with E-state index in [2.05, 4.69) is 31.4 Å². The van der Waals surface area contributed by atoms with Gasteiger partial charge in [-0.2, -0.15) is 5.10 Å². The zero-order chi connectivity index (χ0) is 17.6. The third-order valence-electron chi connectivity index (χ3n) is 3.49. The number of aromatic nitrogens is 1. The van der Waals surface area contributed by atoms with Gasteiger partial charge < -0.3 is 4.74 Å². The number of hydrazone groups is 1. The van der Waals surface area contributed by atoms with Crippen LogP contribution in [0.2, 0.25) is 0 Å². The monoisotopic (exact) mass is 397 g/mol. The average molecular weight is 398 g/mol. The van der Waals surface area contributed by atoms with Gasteiger partial charge in [-0.15, -0.1) is 0 Å². The normalized spacial score (nSPS) is 12.2. The van der Waals surface area contributed by atoms with Crippen LogP contribution in [0, 0.1) is 0 Å². The minimum atomic E-state index is -0.672. The number of hydrogen-bond donors (Lipinski definition) is 1. The van der Waals surface area contributed by atoms with Gasteiger partial charge in [-0.1, -0.05) is 34.1 Å². The van der Waals surface area contributed by atoms with Crippen LogP contribution in [0.3, 0.4) is 0 Å². The third kappa shape index (κ3) is 4.64. The first kappa shape index (κ1) is 17.1. The summed E-state index contributed by atoms with van der Waals surface area (Å²) >= 11 is 3.39. The fraction of sp³-hybridized carbons (Fsp3) is 0.105. The highest BCUT2D eigenvalue weighted by Gasteiger charge is 2.14. The molecule has 0 aliphatic heterocycles. The molecule has 3 rings (SSSR count). The Morgan fingerprint density at radius 3 is 2.96 bits per heavy atom. The van der Waals surface area contributed by atoms with E-state index >= 15 is 0 Å². The Kier molecular flexibility index (Phi) is 5.40. The Morgan fingerprint density at radius 1 is 1.24 bits per heavy atom. The summed E-state index contributed by atoms with van der Waals surface area (Å²) in [6, 6.07) is 16.9. The molecule has 0 aliphatic carbocycles. The van der Waals surface area contributed by atoms with E-state index in [1.807, 2.05) is 48.5 Å². The first-order valence-electron chi connectivity index (χ1n) is 7.72. The predicted octanol–water partition coefficient (Wildman–Crippen LogP) is 3.91. The molecule has 0 saturated carbocycles. The Balaban J connectivity index is 1.59. The van der Waals surface area contributed by atoms with E-state index in [1.165, 1.54) is 0 Å². The van der Waals surface area contributed by atoms with E-state index in [0.29, 0.717) is 5.75 Å². The molecule has 1 atom stereocenters. The van der Waals surface area contributed by atoms with Crippen LogP contribution in [0.1, 0.15) is 12.5 Å². The maximum absolute atomic E-state index is 12.1. The van der Waals surface area contributed by atoms with Gasteiger partial charge in [0.15, 0.2) is 6.10 Å². The number of amides is 1. The molecule has 1 amide bonds. The number of ether oxygens (including phenoxy) is 1. The Bertz CT molecular complexity index is 927. The first-order valence-corrected chi connectivity index (χ1v) is 8.51.